The molecule has 3 rings (SSSR count). The van der Waals surface area contributed by atoms with E-state index in [2.05, 4.69) is 0 Å². The van der Waals surface area contributed by atoms with Gasteiger partial charge in [0.2, 0.25) is 0 Å². The summed E-state index contributed by atoms with van der Waals surface area (Å²) in [6.07, 6.45) is 3.06. The van der Waals surface area contributed by atoms with Gasteiger partial charge in [-0.15, -0.1) is 0 Å². The molecule has 0 fully saturated rings. The van der Waals surface area contributed by atoms with Crippen LogP contribution in [0.25, 0.3) is 17.2 Å². The van der Waals surface area contributed by atoms with Crippen molar-refractivity contribution in [1.82, 2.24) is 0 Å². The first-order chi connectivity index (χ1) is 11.6. The Bertz CT molecular complexity index is 879. The Hall–Kier alpha value is -3.33. The van der Waals surface area contributed by atoms with E-state index in [1.165, 1.54) is 24.3 Å². The highest BCUT2D eigenvalue weighted by Crippen LogP contribution is 2.23. The van der Waals surface area contributed by atoms with Crippen LogP contribution in [0.1, 0.15) is 15.9 Å². The van der Waals surface area contributed by atoms with Gasteiger partial charge in [-0.1, -0.05) is 60.7 Å². The molecule has 0 spiro atoms. The molecule has 0 aliphatic rings. The minimum atomic E-state index is -0.365. The highest BCUT2D eigenvalue weighted by Gasteiger charge is 2.09. The van der Waals surface area contributed by atoms with Crippen LogP contribution in [0.4, 0.5) is 0 Å². The summed E-state index contributed by atoms with van der Waals surface area (Å²) in [6, 6.07) is 21.7. The standard InChI is InChI=1S/C21H16O3/c22-18-11-13-21(24)19(14-18)20(23)12-8-15-6-9-17(10-7-15)16-4-2-1-3-5-16/h1-14,22,24H. The van der Waals surface area contributed by atoms with Crippen molar-refractivity contribution in [2.45, 2.75) is 0 Å². The van der Waals surface area contributed by atoms with Crippen LogP contribution < -0.4 is 0 Å². The van der Waals surface area contributed by atoms with E-state index in [4.69, 9.17) is 0 Å². The van der Waals surface area contributed by atoms with Gasteiger partial charge in [-0.2, -0.15) is 0 Å². The molecular weight excluding hydrogens is 300 g/mol. The SMILES string of the molecule is O=C(C=Cc1ccc(-c2ccccc2)cc1)c1cc(O)ccc1O. The minimum Gasteiger partial charge on any atom is -0.508 e. The second-order valence-electron chi connectivity index (χ2n) is 5.39. The fourth-order valence-electron chi connectivity index (χ4n) is 2.40. The van der Waals surface area contributed by atoms with E-state index >= 15 is 0 Å². The summed E-state index contributed by atoms with van der Waals surface area (Å²) in [5.74, 6) is -0.575. The summed E-state index contributed by atoms with van der Waals surface area (Å²) in [7, 11) is 0. The first kappa shape index (κ1) is 15.6. The Labute approximate surface area is 140 Å². The highest BCUT2D eigenvalue weighted by atomic mass is 16.3. The molecule has 0 unspecified atom stereocenters. The maximum absolute atomic E-state index is 12.1. The van der Waals surface area contributed by atoms with E-state index in [1.807, 2.05) is 54.6 Å². The smallest absolute Gasteiger partial charge is 0.189 e. The van der Waals surface area contributed by atoms with Gasteiger partial charge in [0.15, 0.2) is 5.78 Å². The molecule has 2 N–H and O–H groups in total. The summed E-state index contributed by atoms with van der Waals surface area (Å²) in [6.45, 7) is 0. The van der Waals surface area contributed by atoms with Crippen LogP contribution in [0.15, 0.2) is 78.9 Å². The average molecular weight is 316 g/mol. The van der Waals surface area contributed by atoms with Gasteiger partial charge in [0, 0.05) is 0 Å². The molecule has 3 aromatic carbocycles. The van der Waals surface area contributed by atoms with E-state index in [9.17, 15) is 15.0 Å². The van der Waals surface area contributed by atoms with Crippen molar-refractivity contribution >= 4 is 11.9 Å². The van der Waals surface area contributed by atoms with Crippen molar-refractivity contribution < 1.29 is 15.0 Å². The number of carbonyl (C=O) groups is 1. The van der Waals surface area contributed by atoms with Crippen molar-refractivity contribution in [3.8, 4) is 22.6 Å². The Kier molecular flexibility index (Phi) is 4.43. The predicted molar refractivity (Wildman–Crippen MR) is 95.0 cm³/mol. The molecule has 0 atom stereocenters. The number of allylic oxidation sites excluding steroid dienone is 1. The van der Waals surface area contributed by atoms with Gasteiger partial charge >= 0.3 is 0 Å². The second-order valence-corrected chi connectivity index (χ2v) is 5.39. The highest BCUT2D eigenvalue weighted by molar-refractivity contribution is 6.08. The first-order valence-corrected chi connectivity index (χ1v) is 7.53. The van der Waals surface area contributed by atoms with Crippen LogP contribution in [-0.4, -0.2) is 16.0 Å². The van der Waals surface area contributed by atoms with Crippen LogP contribution in [0.3, 0.4) is 0 Å². The van der Waals surface area contributed by atoms with Gasteiger partial charge in [0.05, 0.1) is 5.56 Å². The van der Waals surface area contributed by atoms with Gasteiger partial charge in [-0.3, -0.25) is 4.79 Å². The number of phenolic OH excluding ortho intramolecular Hbond substituents is 2. The van der Waals surface area contributed by atoms with Gasteiger partial charge in [0.1, 0.15) is 11.5 Å². The molecule has 0 aliphatic carbocycles. The predicted octanol–water partition coefficient (Wildman–Crippen LogP) is 4.66. The third-order valence-electron chi connectivity index (χ3n) is 3.69. The monoisotopic (exact) mass is 316 g/mol. The quantitative estimate of drug-likeness (QED) is 0.418. The molecule has 0 aromatic heterocycles. The van der Waals surface area contributed by atoms with Gasteiger partial charge in [-0.25, -0.2) is 0 Å². The molecule has 3 nitrogen and oxygen atoms in total. The van der Waals surface area contributed by atoms with Crippen LogP contribution in [0, 0.1) is 0 Å². The summed E-state index contributed by atoms with van der Waals surface area (Å²) < 4.78 is 0. The zero-order valence-electron chi connectivity index (χ0n) is 12.9. The number of phenols is 2. The molecule has 3 aromatic rings. The van der Waals surface area contributed by atoms with E-state index in [1.54, 1.807) is 6.08 Å². The fourth-order valence-corrected chi connectivity index (χ4v) is 2.40. The Morgan fingerprint density at radius 3 is 2.17 bits per heavy atom. The third kappa shape index (κ3) is 3.52. The molecule has 0 saturated carbocycles. The van der Waals surface area contributed by atoms with Crippen LogP contribution in [-0.2, 0) is 0 Å². The number of ketones is 1. The fraction of sp³-hybridized carbons (Fsp3) is 0. The normalized spacial score (nSPS) is 10.8. The number of aromatic hydroxyl groups is 2. The van der Waals surface area contributed by atoms with Gasteiger partial charge in [0.25, 0.3) is 0 Å². The van der Waals surface area contributed by atoms with Crippen molar-refractivity contribution in [3.05, 3.63) is 90.0 Å². The number of rotatable bonds is 4. The van der Waals surface area contributed by atoms with Crippen molar-refractivity contribution in [3.63, 3.8) is 0 Å². The number of hydrogen-bond acceptors (Lipinski definition) is 3. The van der Waals surface area contributed by atoms with Gasteiger partial charge in [-0.05, 0) is 41.0 Å². The Balaban J connectivity index is 1.77. The topological polar surface area (TPSA) is 57.5 Å². The maximum atomic E-state index is 12.1. The minimum absolute atomic E-state index is 0.0586. The molecule has 0 saturated heterocycles. The summed E-state index contributed by atoms with van der Waals surface area (Å²) in [5, 5.41) is 19.1. The molecule has 0 amide bonds. The first-order valence-electron chi connectivity index (χ1n) is 7.53. The number of carbonyl (C=O) groups excluding carboxylic acids is 1. The van der Waals surface area contributed by atoms with Crippen LogP contribution >= 0.6 is 0 Å². The molecular formula is C21H16O3. The van der Waals surface area contributed by atoms with Crippen molar-refractivity contribution in [2.75, 3.05) is 0 Å². The van der Waals surface area contributed by atoms with Crippen LogP contribution in [0.5, 0.6) is 11.5 Å². The Morgan fingerprint density at radius 1 is 0.792 bits per heavy atom. The van der Waals surface area contributed by atoms with Crippen LogP contribution in [0.2, 0.25) is 0 Å². The number of hydrogen-bond donors (Lipinski definition) is 2. The summed E-state index contributed by atoms with van der Waals surface area (Å²) in [4.78, 5) is 12.1. The summed E-state index contributed by atoms with van der Waals surface area (Å²) in [5.41, 5.74) is 3.19. The lowest BCUT2D eigenvalue weighted by atomic mass is 10.0. The molecule has 0 aliphatic heterocycles. The maximum Gasteiger partial charge on any atom is 0.189 e. The third-order valence-corrected chi connectivity index (χ3v) is 3.69. The van der Waals surface area contributed by atoms with E-state index < -0.39 is 0 Å². The average Bonchev–Trinajstić information content (AvgIpc) is 2.63. The largest absolute Gasteiger partial charge is 0.508 e. The lowest BCUT2D eigenvalue weighted by molar-refractivity contribution is 0.104. The molecule has 3 heteroatoms. The zero-order valence-corrected chi connectivity index (χ0v) is 12.9. The van der Waals surface area contributed by atoms with E-state index in [0.29, 0.717) is 0 Å². The second kappa shape index (κ2) is 6.84. The zero-order chi connectivity index (χ0) is 16.9. The molecule has 118 valence electrons. The molecule has 0 radical (unpaired) electrons. The lowest BCUT2D eigenvalue weighted by Crippen LogP contribution is -1.94. The van der Waals surface area contributed by atoms with Crippen molar-refractivity contribution in [1.29, 1.82) is 0 Å². The van der Waals surface area contributed by atoms with E-state index in [0.717, 1.165) is 16.7 Å². The van der Waals surface area contributed by atoms with Gasteiger partial charge < -0.3 is 10.2 Å². The molecule has 0 heterocycles. The summed E-state index contributed by atoms with van der Waals surface area (Å²) >= 11 is 0. The molecule has 0 bridgehead atoms. The lowest BCUT2D eigenvalue weighted by Gasteiger charge is -2.02. The van der Waals surface area contributed by atoms with Crippen molar-refractivity contribution in [2.24, 2.45) is 0 Å². The van der Waals surface area contributed by atoms with E-state index in [-0.39, 0.29) is 22.8 Å². The molecule has 24 heavy (non-hydrogen) atoms. The number of benzene rings is 3. The Morgan fingerprint density at radius 2 is 1.46 bits per heavy atom.